The second-order valence-electron chi connectivity index (χ2n) is 3.92. The number of aryl methyl sites for hydroxylation is 1. The van der Waals surface area contributed by atoms with E-state index in [1.165, 1.54) is 17.1 Å². The van der Waals surface area contributed by atoms with Crippen LogP contribution in [0.15, 0.2) is 24.3 Å². The highest BCUT2D eigenvalue weighted by molar-refractivity contribution is 7.09. The summed E-state index contributed by atoms with van der Waals surface area (Å²) in [4.78, 5) is 4.41. The number of hydrogen-bond donors (Lipinski definition) is 1. The van der Waals surface area contributed by atoms with Gasteiger partial charge in [0.15, 0.2) is 0 Å². The smallest absolute Gasteiger partial charge is 0.203 e. The van der Waals surface area contributed by atoms with E-state index in [1.807, 2.05) is 18.2 Å². The molecule has 0 saturated carbocycles. The highest BCUT2D eigenvalue weighted by Crippen LogP contribution is 2.34. The van der Waals surface area contributed by atoms with E-state index in [1.54, 1.807) is 0 Å². The summed E-state index contributed by atoms with van der Waals surface area (Å²) >= 11 is 1.41. The van der Waals surface area contributed by atoms with Crippen molar-refractivity contribution in [1.29, 1.82) is 0 Å². The van der Waals surface area contributed by atoms with Crippen molar-refractivity contribution >= 4 is 16.7 Å². The fraction of sp³-hybridized carbons (Fsp3) is 0.333. The highest BCUT2D eigenvalue weighted by Gasteiger charge is 2.24. The molecule has 5 heteroatoms. The topological polar surface area (TPSA) is 47.0 Å². The van der Waals surface area contributed by atoms with Crippen LogP contribution >= 0.6 is 11.5 Å². The number of nitrogens with zero attached hydrogens (tertiary/aromatic N) is 2. The lowest BCUT2D eigenvalue weighted by atomic mass is 10.1. The third-order valence-corrected chi connectivity index (χ3v) is 3.47. The maximum absolute atomic E-state index is 5.61. The normalized spacial score (nSPS) is 17.6. The molecule has 1 aromatic carbocycles. The molecule has 0 radical (unpaired) electrons. The van der Waals surface area contributed by atoms with Gasteiger partial charge in [0.05, 0.1) is 6.04 Å². The lowest BCUT2D eigenvalue weighted by molar-refractivity contribution is 0.340. The summed E-state index contributed by atoms with van der Waals surface area (Å²) in [6.45, 7) is 2.71. The molecule has 0 saturated heterocycles. The van der Waals surface area contributed by atoms with Gasteiger partial charge < -0.3 is 10.1 Å². The first-order valence-electron chi connectivity index (χ1n) is 5.67. The monoisotopic (exact) mass is 247 g/mol. The molecule has 1 aromatic heterocycles. The van der Waals surface area contributed by atoms with Crippen molar-refractivity contribution in [2.24, 2.45) is 0 Å². The maximum Gasteiger partial charge on any atom is 0.203 e. The van der Waals surface area contributed by atoms with Crippen LogP contribution in [0.2, 0.25) is 0 Å². The van der Waals surface area contributed by atoms with Gasteiger partial charge in [0.1, 0.15) is 18.2 Å². The maximum atomic E-state index is 5.61. The predicted molar refractivity (Wildman–Crippen MR) is 67.6 cm³/mol. The van der Waals surface area contributed by atoms with E-state index in [2.05, 4.69) is 27.7 Å². The molecule has 0 bridgehead atoms. The van der Waals surface area contributed by atoms with Crippen molar-refractivity contribution in [3.05, 3.63) is 35.7 Å². The van der Waals surface area contributed by atoms with Gasteiger partial charge in [-0.05, 0) is 6.07 Å². The van der Waals surface area contributed by atoms with E-state index < -0.39 is 0 Å². The Morgan fingerprint density at radius 2 is 2.35 bits per heavy atom. The van der Waals surface area contributed by atoms with Crippen LogP contribution in [0.1, 0.15) is 24.4 Å². The minimum Gasteiger partial charge on any atom is -0.491 e. The number of hydrogen-bond acceptors (Lipinski definition) is 5. The van der Waals surface area contributed by atoms with Crippen LogP contribution in [-0.4, -0.2) is 16.0 Å². The predicted octanol–water partition coefficient (Wildman–Crippen LogP) is 2.65. The van der Waals surface area contributed by atoms with Crippen molar-refractivity contribution in [3.63, 3.8) is 0 Å². The Morgan fingerprint density at radius 1 is 1.47 bits per heavy atom. The minimum absolute atomic E-state index is 0.184. The second kappa shape index (κ2) is 4.33. The van der Waals surface area contributed by atoms with Gasteiger partial charge in [-0.2, -0.15) is 4.37 Å². The molecule has 4 nitrogen and oxygen atoms in total. The summed E-state index contributed by atoms with van der Waals surface area (Å²) in [5.41, 5.74) is 1.20. The molecule has 1 unspecified atom stereocenters. The third-order valence-electron chi connectivity index (χ3n) is 2.78. The minimum atomic E-state index is 0.184. The highest BCUT2D eigenvalue weighted by atomic mass is 32.1. The van der Waals surface area contributed by atoms with E-state index >= 15 is 0 Å². The summed E-state index contributed by atoms with van der Waals surface area (Å²) < 4.78 is 9.87. The van der Waals surface area contributed by atoms with E-state index in [0.717, 1.165) is 23.1 Å². The van der Waals surface area contributed by atoms with E-state index in [-0.39, 0.29) is 6.04 Å². The molecule has 0 spiro atoms. The average molecular weight is 247 g/mol. The number of para-hydroxylation sites is 1. The number of benzene rings is 1. The first kappa shape index (κ1) is 10.5. The molecule has 1 aliphatic rings. The number of ether oxygens (including phenoxy) is 1. The Balaban J connectivity index is 1.79. The molecule has 2 heterocycles. The zero-order chi connectivity index (χ0) is 11.7. The van der Waals surface area contributed by atoms with Gasteiger partial charge in [0.25, 0.3) is 0 Å². The Morgan fingerprint density at radius 3 is 3.18 bits per heavy atom. The molecule has 0 fully saturated rings. The van der Waals surface area contributed by atoms with Crippen LogP contribution in [0.3, 0.4) is 0 Å². The Bertz CT molecular complexity index is 526. The van der Waals surface area contributed by atoms with Gasteiger partial charge in [-0.15, -0.1) is 0 Å². The molecule has 2 aromatic rings. The second-order valence-corrected chi connectivity index (χ2v) is 4.67. The van der Waals surface area contributed by atoms with Crippen LogP contribution in [-0.2, 0) is 6.42 Å². The molecule has 1 atom stereocenters. The van der Waals surface area contributed by atoms with Crippen molar-refractivity contribution < 1.29 is 4.74 Å². The third kappa shape index (κ3) is 1.98. The number of fused-ring (bicyclic) bond motifs is 1. The van der Waals surface area contributed by atoms with Gasteiger partial charge in [-0.3, -0.25) is 0 Å². The van der Waals surface area contributed by atoms with Crippen molar-refractivity contribution in [1.82, 2.24) is 9.36 Å². The molecule has 0 amide bonds. The van der Waals surface area contributed by atoms with E-state index in [4.69, 9.17) is 4.74 Å². The lowest BCUT2D eigenvalue weighted by Crippen LogP contribution is -2.11. The molecule has 0 aliphatic carbocycles. The summed E-state index contributed by atoms with van der Waals surface area (Å²) in [7, 11) is 0. The molecule has 1 N–H and O–H groups in total. The molecular weight excluding hydrogens is 234 g/mol. The lowest BCUT2D eigenvalue weighted by Gasteiger charge is -2.09. The van der Waals surface area contributed by atoms with E-state index in [0.29, 0.717) is 6.61 Å². The first-order chi connectivity index (χ1) is 8.36. The average Bonchev–Trinajstić information content (AvgIpc) is 2.97. The first-order valence-corrected chi connectivity index (χ1v) is 6.45. The molecule has 88 valence electrons. The van der Waals surface area contributed by atoms with Gasteiger partial charge in [0.2, 0.25) is 5.13 Å². The van der Waals surface area contributed by atoms with E-state index in [9.17, 15) is 0 Å². The van der Waals surface area contributed by atoms with Crippen LogP contribution < -0.4 is 10.1 Å². The summed E-state index contributed by atoms with van der Waals surface area (Å²) in [6, 6.07) is 8.28. The Hall–Kier alpha value is -1.62. The zero-order valence-electron chi connectivity index (χ0n) is 9.51. The van der Waals surface area contributed by atoms with Gasteiger partial charge in [-0.1, -0.05) is 25.1 Å². The number of anilines is 1. The fourth-order valence-corrected chi connectivity index (χ4v) is 2.59. The van der Waals surface area contributed by atoms with Crippen LogP contribution in [0.5, 0.6) is 5.75 Å². The largest absolute Gasteiger partial charge is 0.491 e. The molecular formula is C12H13N3OS. The quantitative estimate of drug-likeness (QED) is 0.905. The van der Waals surface area contributed by atoms with Crippen LogP contribution in [0.4, 0.5) is 5.13 Å². The van der Waals surface area contributed by atoms with Crippen molar-refractivity contribution in [2.45, 2.75) is 19.4 Å². The van der Waals surface area contributed by atoms with Crippen molar-refractivity contribution in [2.75, 3.05) is 11.9 Å². The summed E-state index contributed by atoms with van der Waals surface area (Å²) in [5.74, 6) is 1.86. The standard InChI is InChI=1S/C12H13N3OS/c1-2-11-14-12(17-15-11)13-9-7-16-10-6-4-3-5-8(9)10/h3-6,9H,2,7H2,1H3,(H,13,14,15). The fourth-order valence-electron chi connectivity index (χ4n) is 1.89. The molecule has 17 heavy (non-hydrogen) atoms. The Labute approximate surface area is 104 Å². The molecule has 1 aliphatic heterocycles. The van der Waals surface area contributed by atoms with Gasteiger partial charge in [0, 0.05) is 23.5 Å². The SMILES string of the molecule is CCc1nsc(NC2COc3ccccc32)n1. The number of aromatic nitrogens is 2. The van der Waals surface area contributed by atoms with Crippen LogP contribution in [0.25, 0.3) is 0 Å². The van der Waals surface area contributed by atoms with Gasteiger partial charge >= 0.3 is 0 Å². The summed E-state index contributed by atoms with van der Waals surface area (Å²) in [6.07, 6.45) is 0.871. The zero-order valence-corrected chi connectivity index (χ0v) is 10.3. The summed E-state index contributed by atoms with van der Waals surface area (Å²) in [5, 5.41) is 4.24. The Kier molecular flexibility index (Phi) is 2.68. The van der Waals surface area contributed by atoms with Gasteiger partial charge in [-0.25, -0.2) is 4.98 Å². The molecule has 3 rings (SSSR count). The number of nitrogens with one attached hydrogen (secondary N) is 1. The number of rotatable bonds is 3. The van der Waals surface area contributed by atoms with Crippen molar-refractivity contribution in [3.8, 4) is 5.75 Å². The van der Waals surface area contributed by atoms with Crippen LogP contribution in [0, 0.1) is 0 Å².